The fourth-order valence-electron chi connectivity index (χ4n) is 1.59. The summed E-state index contributed by atoms with van der Waals surface area (Å²) in [5.74, 6) is -0.299. The number of halogens is 4. The number of benzene rings is 1. The average molecular weight is 304 g/mol. The van der Waals surface area contributed by atoms with Gasteiger partial charge in [0.1, 0.15) is 5.75 Å². The second kappa shape index (κ2) is 5.68. The fraction of sp³-hybridized carbons (Fsp3) is 0.154. The van der Waals surface area contributed by atoms with E-state index in [1.807, 2.05) is 0 Å². The van der Waals surface area contributed by atoms with Crippen LogP contribution >= 0.6 is 11.6 Å². The molecule has 1 aromatic heterocycles. The molecule has 0 aliphatic heterocycles. The van der Waals surface area contributed by atoms with E-state index in [1.54, 1.807) is 6.07 Å². The lowest BCUT2D eigenvalue weighted by Crippen LogP contribution is -2.16. The summed E-state index contributed by atoms with van der Waals surface area (Å²) in [7, 11) is 0. The highest BCUT2D eigenvalue weighted by Gasteiger charge is 2.30. The van der Waals surface area contributed by atoms with E-state index >= 15 is 0 Å². The van der Waals surface area contributed by atoms with Gasteiger partial charge in [0.15, 0.2) is 0 Å². The van der Waals surface area contributed by atoms with Crippen LogP contribution in [-0.4, -0.2) is 16.5 Å². The number of aliphatic hydroxyl groups excluding tert-OH is 1. The SMILES string of the molecule is OCc1ncc(-c2ccc(OC(F)(F)F)cc2)cc1Cl. The van der Waals surface area contributed by atoms with E-state index in [9.17, 15) is 13.2 Å². The van der Waals surface area contributed by atoms with Crippen molar-refractivity contribution in [2.45, 2.75) is 13.0 Å². The van der Waals surface area contributed by atoms with Gasteiger partial charge in [-0.1, -0.05) is 23.7 Å². The van der Waals surface area contributed by atoms with Gasteiger partial charge in [-0.3, -0.25) is 4.98 Å². The molecule has 0 fully saturated rings. The number of nitrogens with zero attached hydrogens (tertiary/aromatic N) is 1. The Morgan fingerprint density at radius 1 is 1.15 bits per heavy atom. The Morgan fingerprint density at radius 2 is 1.80 bits per heavy atom. The molecule has 0 aliphatic carbocycles. The summed E-state index contributed by atoms with van der Waals surface area (Å²) in [6.07, 6.45) is -3.23. The summed E-state index contributed by atoms with van der Waals surface area (Å²) in [6, 6.07) is 6.92. The predicted octanol–water partition coefficient (Wildman–Crippen LogP) is 3.79. The van der Waals surface area contributed by atoms with Crippen molar-refractivity contribution in [1.82, 2.24) is 4.98 Å². The molecule has 1 N–H and O–H groups in total. The van der Waals surface area contributed by atoms with E-state index in [4.69, 9.17) is 16.7 Å². The number of pyridine rings is 1. The standard InChI is InChI=1S/C13H9ClF3NO2/c14-11-5-9(6-18-12(11)7-19)8-1-3-10(4-2-8)20-13(15,16)17/h1-6,19H,7H2. The summed E-state index contributed by atoms with van der Waals surface area (Å²) in [4.78, 5) is 3.96. The van der Waals surface area contributed by atoms with Crippen LogP contribution in [0.5, 0.6) is 5.75 Å². The maximum atomic E-state index is 12.0. The fourth-order valence-corrected chi connectivity index (χ4v) is 1.82. The van der Waals surface area contributed by atoms with Gasteiger partial charge in [-0.15, -0.1) is 13.2 Å². The van der Waals surface area contributed by atoms with Crippen LogP contribution in [0.4, 0.5) is 13.2 Å². The highest BCUT2D eigenvalue weighted by Crippen LogP contribution is 2.28. The molecule has 0 spiro atoms. The molecule has 20 heavy (non-hydrogen) atoms. The largest absolute Gasteiger partial charge is 0.573 e. The zero-order valence-corrected chi connectivity index (χ0v) is 10.7. The molecule has 3 nitrogen and oxygen atoms in total. The molecule has 0 saturated carbocycles. The summed E-state index contributed by atoms with van der Waals surface area (Å²) >= 11 is 5.90. The molecule has 7 heteroatoms. The molecule has 0 amide bonds. The third-order valence-electron chi connectivity index (χ3n) is 2.49. The Hall–Kier alpha value is -1.79. The molecule has 1 heterocycles. The molecule has 0 bridgehead atoms. The van der Waals surface area contributed by atoms with Gasteiger partial charge in [-0.25, -0.2) is 0 Å². The first kappa shape index (κ1) is 14.6. The number of ether oxygens (including phenoxy) is 1. The topological polar surface area (TPSA) is 42.4 Å². The van der Waals surface area contributed by atoms with E-state index < -0.39 is 6.36 Å². The number of hydrogen-bond acceptors (Lipinski definition) is 3. The van der Waals surface area contributed by atoms with E-state index in [-0.39, 0.29) is 12.4 Å². The normalized spacial score (nSPS) is 11.4. The number of aliphatic hydroxyl groups is 1. The van der Waals surface area contributed by atoms with Crippen molar-refractivity contribution < 1.29 is 23.0 Å². The van der Waals surface area contributed by atoms with Gasteiger partial charge in [0, 0.05) is 11.8 Å². The molecule has 1 aromatic carbocycles. The Bertz CT molecular complexity index is 600. The van der Waals surface area contributed by atoms with Crippen LogP contribution in [0.25, 0.3) is 11.1 Å². The van der Waals surface area contributed by atoms with Gasteiger partial charge in [-0.05, 0) is 23.8 Å². The number of aromatic nitrogens is 1. The maximum absolute atomic E-state index is 12.0. The smallest absolute Gasteiger partial charge is 0.406 e. The van der Waals surface area contributed by atoms with Crippen molar-refractivity contribution in [3.8, 4) is 16.9 Å². The minimum atomic E-state index is -4.71. The minimum Gasteiger partial charge on any atom is -0.406 e. The lowest BCUT2D eigenvalue weighted by molar-refractivity contribution is -0.274. The number of alkyl halides is 3. The van der Waals surface area contributed by atoms with Crippen LogP contribution in [0.3, 0.4) is 0 Å². The van der Waals surface area contributed by atoms with Gasteiger partial charge in [0.05, 0.1) is 17.3 Å². The van der Waals surface area contributed by atoms with Crippen molar-refractivity contribution in [1.29, 1.82) is 0 Å². The molecular formula is C13H9ClF3NO2. The second-order valence-corrected chi connectivity index (χ2v) is 4.29. The molecular weight excluding hydrogens is 295 g/mol. The first-order chi connectivity index (χ1) is 9.39. The highest BCUT2D eigenvalue weighted by molar-refractivity contribution is 6.31. The van der Waals surface area contributed by atoms with E-state index in [0.29, 0.717) is 21.8 Å². The van der Waals surface area contributed by atoms with Gasteiger partial charge in [0.2, 0.25) is 0 Å². The van der Waals surface area contributed by atoms with Crippen molar-refractivity contribution in [3.63, 3.8) is 0 Å². The van der Waals surface area contributed by atoms with Crippen LogP contribution < -0.4 is 4.74 Å². The zero-order valence-electron chi connectivity index (χ0n) is 9.99. The first-order valence-electron chi connectivity index (χ1n) is 5.50. The molecule has 106 valence electrons. The monoisotopic (exact) mass is 303 g/mol. The van der Waals surface area contributed by atoms with E-state index in [0.717, 1.165) is 0 Å². The van der Waals surface area contributed by atoms with Gasteiger partial charge in [0.25, 0.3) is 0 Å². The average Bonchev–Trinajstić information content (AvgIpc) is 2.37. The van der Waals surface area contributed by atoms with Crippen molar-refractivity contribution in [2.75, 3.05) is 0 Å². The van der Waals surface area contributed by atoms with Crippen LogP contribution in [0.2, 0.25) is 5.02 Å². The summed E-state index contributed by atoms with van der Waals surface area (Å²) in [5.41, 5.74) is 1.61. The van der Waals surface area contributed by atoms with Crippen molar-refractivity contribution in [3.05, 3.63) is 47.2 Å². The van der Waals surface area contributed by atoms with Gasteiger partial charge >= 0.3 is 6.36 Å². The quantitative estimate of drug-likeness (QED) is 0.938. The predicted molar refractivity (Wildman–Crippen MR) is 67.3 cm³/mol. The summed E-state index contributed by atoms with van der Waals surface area (Å²) in [5, 5.41) is 9.25. The van der Waals surface area contributed by atoms with Gasteiger partial charge < -0.3 is 9.84 Å². The van der Waals surface area contributed by atoms with Crippen molar-refractivity contribution >= 4 is 11.6 Å². The molecule has 2 rings (SSSR count). The Morgan fingerprint density at radius 3 is 2.30 bits per heavy atom. The number of hydrogen-bond donors (Lipinski definition) is 1. The molecule has 0 atom stereocenters. The molecule has 0 unspecified atom stereocenters. The van der Waals surface area contributed by atoms with E-state index in [2.05, 4.69) is 9.72 Å². The van der Waals surface area contributed by atoms with Crippen LogP contribution in [-0.2, 0) is 6.61 Å². The first-order valence-corrected chi connectivity index (χ1v) is 5.88. The van der Waals surface area contributed by atoms with Crippen LogP contribution in [0, 0.1) is 0 Å². The Balaban J connectivity index is 2.24. The summed E-state index contributed by atoms with van der Waals surface area (Å²) < 4.78 is 39.9. The second-order valence-electron chi connectivity index (χ2n) is 3.88. The maximum Gasteiger partial charge on any atom is 0.573 e. The molecule has 0 radical (unpaired) electrons. The minimum absolute atomic E-state index is 0.280. The lowest BCUT2D eigenvalue weighted by Gasteiger charge is -2.09. The Labute approximate surface area is 117 Å². The molecule has 0 saturated heterocycles. The third-order valence-corrected chi connectivity index (χ3v) is 2.82. The molecule has 0 aliphatic rings. The Kier molecular flexibility index (Phi) is 4.15. The van der Waals surface area contributed by atoms with Crippen LogP contribution in [0.15, 0.2) is 36.5 Å². The number of rotatable bonds is 3. The van der Waals surface area contributed by atoms with E-state index in [1.165, 1.54) is 30.5 Å². The lowest BCUT2D eigenvalue weighted by atomic mass is 10.1. The highest BCUT2D eigenvalue weighted by atomic mass is 35.5. The van der Waals surface area contributed by atoms with Gasteiger partial charge in [-0.2, -0.15) is 0 Å². The van der Waals surface area contributed by atoms with Crippen molar-refractivity contribution in [2.24, 2.45) is 0 Å². The summed E-state index contributed by atoms with van der Waals surface area (Å²) in [6.45, 7) is -0.280. The molecule has 2 aromatic rings. The van der Waals surface area contributed by atoms with Crippen LogP contribution in [0.1, 0.15) is 5.69 Å². The third kappa shape index (κ3) is 3.61. The zero-order chi connectivity index (χ0) is 14.8.